The lowest BCUT2D eigenvalue weighted by Crippen LogP contribution is -2.36. The van der Waals surface area contributed by atoms with E-state index in [0.717, 1.165) is 0 Å². The van der Waals surface area contributed by atoms with E-state index < -0.39 is 10.1 Å². The molecule has 0 bridgehead atoms. The molecule has 1 fully saturated rings. The molecule has 0 aromatic heterocycles. The van der Waals surface area contributed by atoms with E-state index >= 15 is 0 Å². The molecule has 0 radical (unpaired) electrons. The minimum Gasteiger partial charge on any atom is -0.383 e. The monoisotopic (exact) mass is 311 g/mol. The summed E-state index contributed by atoms with van der Waals surface area (Å²) >= 11 is 0. The molecule has 7 nitrogen and oxygen atoms in total. The highest BCUT2D eigenvalue weighted by molar-refractivity contribution is 7.85. The SMILES string of the molecule is CC1NN(c2ccc(S(=O)(=O)O)cc2)C(=O)C1=CN(C)C. The summed E-state index contributed by atoms with van der Waals surface area (Å²) in [6.07, 6.45) is 1.74. The molecule has 1 atom stereocenters. The van der Waals surface area contributed by atoms with Gasteiger partial charge in [-0.3, -0.25) is 9.35 Å². The van der Waals surface area contributed by atoms with Crippen LogP contribution in [-0.4, -0.2) is 43.9 Å². The Kier molecular flexibility index (Phi) is 4.04. The zero-order valence-electron chi connectivity index (χ0n) is 11.9. The molecule has 2 rings (SSSR count). The highest BCUT2D eigenvalue weighted by Gasteiger charge is 2.33. The Bertz CT molecular complexity index is 680. The predicted octanol–water partition coefficient (Wildman–Crippen LogP) is 0.619. The van der Waals surface area contributed by atoms with E-state index in [-0.39, 0.29) is 16.8 Å². The molecular weight excluding hydrogens is 294 g/mol. The number of hydrazine groups is 1. The van der Waals surface area contributed by atoms with Gasteiger partial charge in [-0.05, 0) is 31.2 Å². The summed E-state index contributed by atoms with van der Waals surface area (Å²) < 4.78 is 30.9. The van der Waals surface area contributed by atoms with E-state index in [1.807, 2.05) is 21.0 Å². The molecule has 1 aliphatic rings. The largest absolute Gasteiger partial charge is 0.383 e. The number of carbonyl (C=O) groups excluding carboxylic acids is 1. The van der Waals surface area contributed by atoms with Crippen LogP contribution in [0.3, 0.4) is 0 Å². The van der Waals surface area contributed by atoms with Crippen LogP contribution in [0.2, 0.25) is 0 Å². The van der Waals surface area contributed by atoms with Gasteiger partial charge >= 0.3 is 0 Å². The minimum absolute atomic E-state index is 0.152. The quantitative estimate of drug-likeness (QED) is 0.628. The number of nitrogens with one attached hydrogen (secondary N) is 1. The van der Waals surface area contributed by atoms with Crippen LogP contribution in [0.15, 0.2) is 40.9 Å². The van der Waals surface area contributed by atoms with Crippen molar-refractivity contribution in [3.05, 3.63) is 36.0 Å². The summed E-state index contributed by atoms with van der Waals surface area (Å²) in [5.74, 6) is -0.198. The minimum atomic E-state index is -4.24. The van der Waals surface area contributed by atoms with Crippen LogP contribution in [0.4, 0.5) is 5.69 Å². The van der Waals surface area contributed by atoms with Crippen molar-refractivity contribution in [2.24, 2.45) is 0 Å². The lowest BCUT2D eigenvalue weighted by atomic mass is 10.1. The van der Waals surface area contributed by atoms with E-state index in [0.29, 0.717) is 11.3 Å². The highest BCUT2D eigenvalue weighted by atomic mass is 32.2. The van der Waals surface area contributed by atoms with Crippen LogP contribution in [0.1, 0.15) is 6.92 Å². The summed E-state index contributed by atoms with van der Waals surface area (Å²) in [6.45, 7) is 1.86. The van der Waals surface area contributed by atoms with Crippen molar-refractivity contribution in [3.63, 3.8) is 0 Å². The summed E-state index contributed by atoms with van der Waals surface area (Å²) in [6, 6.07) is 5.26. The molecular formula is C13H17N3O4S. The lowest BCUT2D eigenvalue weighted by Gasteiger charge is -2.16. The fourth-order valence-electron chi connectivity index (χ4n) is 2.04. The normalized spacial score (nSPS) is 21.1. The summed E-state index contributed by atoms with van der Waals surface area (Å²) in [7, 11) is -0.576. The number of benzene rings is 1. The topological polar surface area (TPSA) is 90.0 Å². The number of carbonyl (C=O) groups is 1. The summed E-state index contributed by atoms with van der Waals surface area (Å²) in [4.78, 5) is 13.9. The van der Waals surface area contributed by atoms with Gasteiger partial charge in [0.05, 0.1) is 22.2 Å². The smallest absolute Gasteiger partial charge is 0.294 e. The van der Waals surface area contributed by atoms with Gasteiger partial charge in [-0.25, -0.2) is 10.4 Å². The predicted molar refractivity (Wildman–Crippen MR) is 78.1 cm³/mol. The molecule has 1 unspecified atom stereocenters. The first-order valence-electron chi connectivity index (χ1n) is 6.26. The van der Waals surface area contributed by atoms with Crippen molar-refractivity contribution in [3.8, 4) is 0 Å². The molecule has 0 saturated carbocycles. The molecule has 0 spiro atoms. The molecule has 1 heterocycles. The van der Waals surface area contributed by atoms with Crippen molar-refractivity contribution in [1.82, 2.24) is 10.3 Å². The van der Waals surface area contributed by atoms with E-state index in [2.05, 4.69) is 5.43 Å². The van der Waals surface area contributed by atoms with Crippen LogP contribution in [-0.2, 0) is 14.9 Å². The molecule has 1 aromatic rings. The Morgan fingerprint density at radius 3 is 2.33 bits per heavy atom. The molecule has 1 aliphatic heterocycles. The van der Waals surface area contributed by atoms with Crippen molar-refractivity contribution >= 4 is 21.7 Å². The van der Waals surface area contributed by atoms with Gasteiger partial charge in [0.15, 0.2) is 0 Å². The van der Waals surface area contributed by atoms with Gasteiger partial charge in [0.2, 0.25) is 0 Å². The first-order chi connectivity index (χ1) is 9.70. The maximum absolute atomic E-state index is 12.3. The third kappa shape index (κ3) is 3.23. The second-order valence-electron chi connectivity index (χ2n) is 5.01. The number of hydrogen-bond donors (Lipinski definition) is 2. The molecule has 21 heavy (non-hydrogen) atoms. The number of rotatable bonds is 3. The van der Waals surface area contributed by atoms with Crippen molar-refractivity contribution in [1.29, 1.82) is 0 Å². The molecule has 1 saturated heterocycles. The molecule has 1 amide bonds. The second kappa shape index (κ2) is 5.47. The fourth-order valence-corrected chi connectivity index (χ4v) is 2.52. The van der Waals surface area contributed by atoms with Crippen LogP contribution in [0.5, 0.6) is 0 Å². The van der Waals surface area contributed by atoms with Gasteiger partial charge in [0.25, 0.3) is 16.0 Å². The Morgan fingerprint density at radius 1 is 1.29 bits per heavy atom. The van der Waals surface area contributed by atoms with E-state index in [1.54, 1.807) is 11.1 Å². The van der Waals surface area contributed by atoms with Crippen LogP contribution < -0.4 is 10.4 Å². The van der Waals surface area contributed by atoms with E-state index in [9.17, 15) is 13.2 Å². The fraction of sp³-hybridized carbons (Fsp3) is 0.308. The van der Waals surface area contributed by atoms with E-state index in [1.165, 1.54) is 29.3 Å². The first kappa shape index (κ1) is 15.5. The third-order valence-electron chi connectivity index (χ3n) is 3.03. The molecule has 8 heteroatoms. The zero-order valence-corrected chi connectivity index (χ0v) is 12.8. The van der Waals surface area contributed by atoms with Gasteiger partial charge in [-0.1, -0.05) is 0 Å². The van der Waals surface area contributed by atoms with Gasteiger partial charge in [-0.15, -0.1) is 0 Å². The summed E-state index contributed by atoms with van der Waals surface area (Å²) in [5, 5.41) is 1.35. The van der Waals surface area contributed by atoms with Crippen molar-refractivity contribution in [2.45, 2.75) is 17.9 Å². The third-order valence-corrected chi connectivity index (χ3v) is 3.90. The van der Waals surface area contributed by atoms with Gasteiger partial charge in [-0.2, -0.15) is 8.42 Å². The molecule has 0 aliphatic carbocycles. The average Bonchev–Trinajstić information content (AvgIpc) is 2.65. The average molecular weight is 311 g/mol. The van der Waals surface area contributed by atoms with Crippen molar-refractivity contribution < 1.29 is 17.8 Å². The Morgan fingerprint density at radius 2 is 1.86 bits per heavy atom. The maximum Gasteiger partial charge on any atom is 0.294 e. The number of amides is 1. The standard InChI is InChI=1S/C13H17N3O4S/c1-9-12(8-15(2)3)13(17)16(14-9)10-4-6-11(7-5-10)21(18,19)20/h4-9,14H,1-3H3,(H,18,19,20). The first-order valence-corrected chi connectivity index (χ1v) is 7.70. The van der Waals surface area contributed by atoms with Crippen LogP contribution >= 0.6 is 0 Å². The Labute approximate surface area is 123 Å². The second-order valence-corrected chi connectivity index (χ2v) is 6.43. The summed E-state index contributed by atoms with van der Waals surface area (Å²) in [5.41, 5.74) is 4.12. The van der Waals surface area contributed by atoms with Gasteiger partial charge < -0.3 is 4.90 Å². The number of hydrogen-bond acceptors (Lipinski definition) is 5. The Balaban J connectivity index is 2.30. The lowest BCUT2D eigenvalue weighted by molar-refractivity contribution is -0.114. The van der Waals surface area contributed by atoms with Crippen LogP contribution in [0.25, 0.3) is 0 Å². The molecule has 2 N–H and O–H groups in total. The van der Waals surface area contributed by atoms with Gasteiger partial charge in [0, 0.05) is 20.3 Å². The Hall–Kier alpha value is -1.90. The molecule has 1 aromatic carbocycles. The van der Waals surface area contributed by atoms with Crippen molar-refractivity contribution in [2.75, 3.05) is 19.1 Å². The number of anilines is 1. The molecule has 114 valence electrons. The number of nitrogens with zero attached hydrogens (tertiary/aromatic N) is 2. The zero-order chi connectivity index (χ0) is 15.8. The van der Waals surface area contributed by atoms with Crippen LogP contribution in [0, 0.1) is 0 Å². The highest BCUT2D eigenvalue weighted by Crippen LogP contribution is 2.24. The van der Waals surface area contributed by atoms with E-state index in [4.69, 9.17) is 4.55 Å². The maximum atomic E-state index is 12.3. The van der Waals surface area contributed by atoms with Gasteiger partial charge in [0.1, 0.15) is 0 Å².